The van der Waals surface area contributed by atoms with Crippen molar-refractivity contribution in [2.45, 2.75) is 45.9 Å². The van der Waals surface area contributed by atoms with Crippen molar-refractivity contribution in [1.29, 1.82) is 0 Å². The summed E-state index contributed by atoms with van der Waals surface area (Å²) in [5.74, 6) is 2.42. The Balaban J connectivity index is 1.33. The summed E-state index contributed by atoms with van der Waals surface area (Å²) in [5.41, 5.74) is 4.74. The van der Waals surface area contributed by atoms with E-state index in [2.05, 4.69) is 46.8 Å². The van der Waals surface area contributed by atoms with Gasteiger partial charge in [0.1, 0.15) is 17.6 Å². The van der Waals surface area contributed by atoms with Gasteiger partial charge in [-0.25, -0.2) is 0 Å². The van der Waals surface area contributed by atoms with Crippen molar-refractivity contribution in [2.75, 3.05) is 26.7 Å². The first-order valence-electron chi connectivity index (χ1n) is 11.3. The SMILES string of the molecule is CCOc1cc2c(cc1CNC(=NC)NCC(=O)N1CCc3ccccc3C1)OC(C)C2. The Labute approximate surface area is 189 Å². The number of hydrogen-bond acceptors (Lipinski definition) is 4. The average molecular weight is 437 g/mol. The van der Waals surface area contributed by atoms with Crippen LogP contribution in [-0.2, 0) is 30.7 Å². The number of nitrogens with zero attached hydrogens (tertiary/aromatic N) is 2. The fourth-order valence-electron chi connectivity index (χ4n) is 4.29. The Kier molecular flexibility index (Phi) is 6.83. The van der Waals surface area contributed by atoms with E-state index in [9.17, 15) is 4.79 Å². The third kappa shape index (κ3) is 4.98. The zero-order valence-corrected chi connectivity index (χ0v) is 19.1. The summed E-state index contributed by atoms with van der Waals surface area (Å²) in [6, 6.07) is 12.4. The number of amides is 1. The van der Waals surface area contributed by atoms with Gasteiger partial charge in [0.25, 0.3) is 0 Å². The maximum absolute atomic E-state index is 12.7. The summed E-state index contributed by atoms with van der Waals surface area (Å²) < 4.78 is 11.8. The second-order valence-corrected chi connectivity index (χ2v) is 8.25. The highest BCUT2D eigenvalue weighted by Gasteiger charge is 2.23. The fraction of sp³-hybridized carbons (Fsp3) is 0.440. The minimum atomic E-state index is 0.0670. The highest BCUT2D eigenvalue weighted by molar-refractivity contribution is 5.86. The van der Waals surface area contributed by atoms with Crippen molar-refractivity contribution in [3.05, 3.63) is 58.7 Å². The maximum Gasteiger partial charge on any atom is 0.242 e. The Morgan fingerprint density at radius 1 is 1.22 bits per heavy atom. The van der Waals surface area contributed by atoms with Crippen molar-refractivity contribution >= 4 is 11.9 Å². The summed E-state index contributed by atoms with van der Waals surface area (Å²) >= 11 is 0. The molecule has 1 unspecified atom stereocenters. The molecule has 170 valence electrons. The molecular formula is C25H32N4O3. The van der Waals surface area contributed by atoms with Crippen molar-refractivity contribution < 1.29 is 14.3 Å². The monoisotopic (exact) mass is 436 g/mol. The maximum atomic E-state index is 12.7. The van der Waals surface area contributed by atoms with Gasteiger partial charge in [0.05, 0.1) is 13.2 Å². The highest BCUT2D eigenvalue weighted by atomic mass is 16.5. The lowest BCUT2D eigenvalue weighted by molar-refractivity contribution is -0.130. The number of fused-ring (bicyclic) bond motifs is 2. The molecule has 0 radical (unpaired) electrons. The summed E-state index contributed by atoms with van der Waals surface area (Å²) in [7, 11) is 1.70. The predicted octanol–water partition coefficient (Wildman–Crippen LogP) is 2.66. The van der Waals surface area contributed by atoms with Gasteiger partial charge in [-0.1, -0.05) is 24.3 Å². The van der Waals surface area contributed by atoms with Gasteiger partial charge in [-0.15, -0.1) is 0 Å². The first-order chi connectivity index (χ1) is 15.6. The van der Waals surface area contributed by atoms with Gasteiger partial charge in [0.2, 0.25) is 5.91 Å². The summed E-state index contributed by atoms with van der Waals surface area (Å²) in [6.45, 7) is 6.78. The van der Waals surface area contributed by atoms with E-state index in [1.54, 1.807) is 7.05 Å². The Bertz CT molecular complexity index is 1000. The number of aliphatic imine (C=N–C) groups is 1. The summed E-state index contributed by atoms with van der Waals surface area (Å²) in [6.07, 6.45) is 1.98. The Hall–Kier alpha value is -3.22. The van der Waals surface area contributed by atoms with Gasteiger partial charge >= 0.3 is 0 Å². The van der Waals surface area contributed by atoms with Crippen LogP contribution in [0.15, 0.2) is 41.4 Å². The van der Waals surface area contributed by atoms with Crippen LogP contribution < -0.4 is 20.1 Å². The van der Waals surface area contributed by atoms with E-state index in [1.165, 1.54) is 16.7 Å². The van der Waals surface area contributed by atoms with Gasteiger partial charge in [-0.3, -0.25) is 9.79 Å². The summed E-state index contributed by atoms with van der Waals surface area (Å²) in [4.78, 5) is 18.9. The first-order valence-corrected chi connectivity index (χ1v) is 11.3. The molecule has 2 heterocycles. The van der Waals surface area contributed by atoms with Crippen molar-refractivity contribution in [2.24, 2.45) is 4.99 Å². The van der Waals surface area contributed by atoms with E-state index in [0.717, 1.165) is 36.4 Å². The molecule has 2 aliphatic rings. The molecule has 4 rings (SSSR count). The molecule has 0 fully saturated rings. The number of carbonyl (C=O) groups excluding carboxylic acids is 1. The van der Waals surface area contributed by atoms with Crippen LogP contribution >= 0.6 is 0 Å². The second kappa shape index (κ2) is 9.94. The molecule has 0 saturated carbocycles. The smallest absolute Gasteiger partial charge is 0.242 e. The number of ether oxygens (including phenoxy) is 2. The molecule has 0 spiro atoms. The van der Waals surface area contributed by atoms with Gasteiger partial charge in [0, 0.05) is 44.2 Å². The lowest BCUT2D eigenvalue weighted by atomic mass is 10.00. The average Bonchev–Trinajstić information content (AvgIpc) is 3.17. The number of nitrogens with one attached hydrogen (secondary N) is 2. The first kappa shape index (κ1) is 22.0. The van der Waals surface area contributed by atoms with Crippen LogP contribution in [0.25, 0.3) is 0 Å². The zero-order valence-electron chi connectivity index (χ0n) is 19.1. The van der Waals surface area contributed by atoms with Gasteiger partial charge in [-0.05, 0) is 43.5 Å². The quantitative estimate of drug-likeness (QED) is 0.538. The van der Waals surface area contributed by atoms with E-state index >= 15 is 0 Å². The standard InChI is InChI=1S/C25H32N4O3/c1-4-31-22-12-20-11-17(2)32-23(20)13-21(22)14-27-25(26-3)28-15-24(30)29-10-9-18-7-5-6-8-19(18)16-29/h5-8,12-13,17H,4,9-11,14-16H2,1-3H3,(H2,26,27,28). The van der Waals surface area contributed by atoms with Crippen LogP contribution in [0.2, 0.25) is 0 Å². The van der Waals surface area contributed by atoms with E-state index < -0.39 is 0 Å². The van der Waals surface area contributed by atoms with Crippen molar-refractivity contribution in [1.82, 2.24) is 15.5 Å². The van der Waals surface area contributed by atoms with Gasteiger partial charge in [-0.2, -0.15) is 0 Å². The van der Waals surface area contributed by atoms with E-state index in [-0.39, 0.29) is 18.6 Å². The molecular weight excluding hydrogens is 404 g/mol. The second-order valence-electron chi connectivity index (χ2n) is 8.25. The number of guanidine groups is 1. The minimum absolute atomic E-state index is 0.0670. The number of rotatable bonds is 6. The molecule has 2 aromatic carbocycles. The molecule has 7 nitrogen and oxygen atoms in total. The number of carbonyl (C=O) groups is 1. The largest absolute Gasteiger partial charge is 0.494 e. The lowest BCUT2D eigenvalue weighted by Gasteiger charge is -2.29. The minimum Gasteiger partial charge on any atom is -0.494 e. The fourth-order valence-corrected chi connectivity index (χ4v) is 4.29. The van der Waals surface area contributed by atoms with Crippen LogP contribution in [0.5, 0.6) is 11.5 Å². The van der Waals surface area contributed by atoms with Gasteiger partial charge in [0.15, 0.2) is 5.96 Å². The third-order valence-corrected chi connectivity index (χ3v) is 5.94. The van der Waals surface area contributed by atoms with Crippen molar-refractivity contribution in [3.63, 3.8) is 0 Å². The molecule has 0 bridgehead atoms. The summed E-state index contributed by atoms with van der Waals surface area (Å²) in [5, 5.41) is 6.44. The van der Waals surface area contributed by atoms with E-state index in [4.69, 9.17) is 9.47 Å². The highest BCUT2D eigenvalue weighted by Crippen LogP contribution is 2.35. The zero-order chi connectivity index (χ0) is 22.5. The normalized spacial score (nSPS) is 17.3. The third-order valence-electron chi connectivity index (χ3n) is 5.94. The molecule has 2 aromatic rings. The van der Waals surface area contributed by atoms with E-state index in [0.29, 0.717) is 25.7 Å². The molecule has 0 saturated heterocycles. The molecule has 7 heteroatoms. The molecule has 0 aromatic heterocycles. The topological polar surface area (TPSA) is 75.2 Å². The molecule has 1 atom stereocenters. The number of hydrogen-bond donors (Lipinski definition) is 2. The van der Waals surface area contributed by atoms with Crippen LogP contribution in [0, 0.1) is 0 Å². The van der Waals surface area contributed by atoms with Crippen molar-refractivity contribution in [3.8, 4) is 11.5 Å². The molecule has 2 N–H and O–H groups in total. The van der Waals surface area contributed by atoms with E-state index in [1.807, 2.05) is 24.0 Å². The molecule has 32 heavy (non-hydrogen) atoms. The lowest BCUT2D eigenvalue weighted by Crippen LogP contribution is -2.45. The van der Waals surface area contributed by atoms with Crippen LogP contribution in [0.4, 0.5) is 0 Å². The number of benzene rings is 2. The van der Waals surface area contributed by atoms with Crippen LogP contribution in [-0.4, -0.2) is 49.6 Å². The molecule has 0 aliphatic carbocycles. The van der Waals surface area contributed by atoms with Crippen LogP contribution in [0.1, 0.15) is 36.1 Å². The molecule has 1 amide bonds. The Morgan fingerprint density at radius 3 is 2.81 bits per heavy atom. The molecule has 2 aliphatic heterocycles. The van der Waals surface area contributed by atoms with Gasteiger partial charge < -0.3 is 25.0 Å². The Morgan fingerprint density at radius 2 is 2.03 bits per heavy atom. The predicted molar refractivity (Wildman–Crippen MR) is 125 cm³/mol. The van der Waals surface area contributed by atoms with Crippen LogP contribution in [0.3, 0.4) is 0 Å².